The van der Waals surface area contributed by atoms with E-state index in [9.17, 15) is 8.42 Å². The van der Waals surface area contributed by atoms with Crippen molar-refractivity contribution in [1.82, 2.24) is 14.5 Å². The Hall–Kier alpha value is -0.960. The highest BCUT2D eigenvalue weighted by Gasteiger charge is 2.35. The fraction of sp³-hybridized carbons (Fsp3) is 0.727. The Morgan fingerprint density at radius 1 is 1.42 bits per heavy atom. The van der Waals surface area contributed by atoms with Gasteiger partial charge in [-0.2, -0.15) is 9.40 Å². The maximum atomic E-state index is 12.6. The first kappa shape index (κ1) is 14.4. The lowest BCUT2D eigenvalue weighted by Gasteiger charge is -2.34. The van der Waals surface area contributed by atoms with E-state index in [2.05, 4.69) is 10.2 Å². The van der Waals surface area contributed by atoms with E-state index in [0.29, 0.717) is 24.3 Å². The Labute approximate surface area is 113 Å². The molecule has 1 aliphatic heterocycles. The minimum atomic E-state index is -3.62. The summed E-state index contributed by atoms with van der Waals surface area (Å²) in [5.74, 6) is 0. The van der Waals surface area contributed by atoms with Gasteiger partial charge >= 0.3 is 0 Å². The molecule has 0 aromatic carbocycles. The zero-order valence-electron chi connectivity index (χ0n) is 11.4. The van der Waals surface area contributed by atoms with Crippen molar-refractivity contribution < 1.29 is 13.2 Å². The normalized spacial score (nSPS) is 25.7. The van der Waals surface area contributed by atoms with E-state index in [1.807, 2.05) is 13.8 Å². The highest BCUT2D eigenvalue weighted by atomic mass is 32.2. The molecule has 2 atom stereocenters. The molecule has 1 aromatic rings. The van der Waals surface area contributed by atoms with Crippen molar-refractivity contribution in [2.45, 2.75) is 44.5 Å². The largest absolute Gasteiger partial charge is 0.373 e. The number of nitrogens with two attached hydrogens (primary N) is 1. The Morgan fingerprint density at radius 3 is 2.53 bits per heavy atom. The standard InChI is InChI=1S/C11H20N4O3S/c1-7-5-15(6-8(2)18-7)19(16,17)11-10(4-12)9(3)13-14-11/h7-8H,4-6,12H2,1-3H3,(H,13,14)/t7-,8+. The van der Waals surface area contributed by atoms with Crippen LogP contribution in [0.2, 0.25) is 0 Å². The molecule has 2 rings (SSSR count). The maximum Gasteiger partial charge on any atom is 0.262 e. The lowest BCUT2D eigenvalue weighted by atomic mass is 10.3. The first-order valence-electron chi connectivity index (χ1n) is 6.25. The lowest BCUT2D eigenvalue weighted by Crippen LogP contribution is -2.48. The Morgan fingerprint density at radius 2 is 2.00 bits per heavy atom. The molecule has 0 amide bonds. The third kappa shape index (κ3) is 2.66. The van der Waals surface area contributed by atoms with Crippen LogP contribution in [0.25, 0.3) is 0 Å². The van der Waals surface area contributed by atoms with Gasteiger partial charge in [-0.05, 0) is 20.8 Å². The van der Waals surface area contributed by atoms with Gasteiger partial charge < -0.3 is 10.5 Å². The van der Waals surface area contributed by atoms with Gasteiger partial charge in [0.1, 0.15) is 0 Å². The third-order valence-electron chi connectivity index (χ3n) is 3.21. The Kier molecular flexibility index (Phi) is 3.95. The minimum absolute atomic E-state index is 0.0359. The van der Waals surface area contributed by atoms with Gasteiger partial charge in [0.2, 0.25) is 0 Å². The molecule has 1 saturated heterocycles. The average molecular weight is 288 g/mol. The third-order valence-corrected chi connectivity index (χ3v) is 5.01. The number of morpholine rings is 1. The predicted molar refractivity (Wildman–Crippen MR) is 70.0 cm³/mol. The second kappa shape index (κ2) is 5.20. The van der Waals surface area contributed by atoms with Gasteiger partial charge in [0.25, 0.3) is 10.0 Å². The number of aryl methyl sites for hydroxylation is 1. The Balaban J connectivity index is 2.36. The number of nitrogens with one attached hydrogen (secondary N) is 1. The number of H-pyrrole nitrogens is 1. The van der Waals surface area contributed by atoms with E-state index < -0.39 is 10.0 Å². The molecular weight excluding hydrogens is 268 g/mol. The summed E-state index contributed by atoms with van der Waals surface area (Å²) in [6.07, 6.45) is -0.250. The van der Waals surface area contributed by atoms with Crippen LogP contribution >= 0.6 is 0 Å². The van der Waals surface area contributed by atoms with Crippen molar-refractivity contribution in [3.8, 4) is 0 Å². The molecule has 0 unspecified atom stereocenters. The minimum Gasteiger partial charge on any atom is -0.373 e. The fourth-order valence-electron chi connectivity index (χ4n) is 2.33. The zero-order valence-corrected chi connectivity index (χ0v) is 12.2. The molecule has 3 N–H and O–H groups in total. The van der Waals surface area contributed by atoms with Crippen molar-refractivity contribution in [2.24, 2.45) is 5.73 Å². The highest BCUT2D eigenvalue weighted by Crippen LogP contribution is 2.23. The lowest BCUT2D eigenvalue weighted by molar-refractivity contribution is -0.0441. The topological polar surface area (TPSA) is 101 Å². The van der Waals surface area contributed by atoms with E-state index in [1.165, 1.54) is 4.31 Å². The van der Waals surface area contributed by atoms with Crippen LogP contribution in [0.3, 0.4) is 0 Å². The number of nitrogens with zero attached hydrogens (tertiary/aromatic N) is 2. The van der Waals surface area contributed by atoms with Crippen LogP contribution in [0.5, 0.6) is 0 Å². The smallest absolute Gasteiger partial charge is 0.262 e. The van der Waals surface area contributed by atoms with Crippen LogP contribution in [0.4, 0.5) is 0 Å². The van der Waals surface area contributed by atoms with Crippen molar-refractivity contribution in [2.75, 3.05) is 13.1 Å². The van der Waals surface area contributed by atoms with Gasteiger partial charge in [-0.1, -0.05) is 0 Å². The van der Waals surface area contributed by atoms with Crippen LogP contribution in [-0.4, -0.2) is 48.2 Å². The highest BCUT2D eigenvalue weighted by molar-refractivity contribution is 7.89. The summed E-state index contributed by atoms with van der Waals surface area (Å²) in [6, 6.07) is 0. The molecule has 1 aliphatic rings. The van der Waals surface area contributed by atoms with Crippen LogP contribution in [0.1, 0.15) is 25.1 Å². The second-order valence-corrected chi connectivity index (χ2v) is 6.77. The van der Waals surface area contributed by atoms with Crippen molar-refractivity contribution in [1.29, 1.82) is 0 Å². The van der Waals surface area contributed by atoms with E-state index in [0.717, 1.165) is 0 Å². The number of aromatic nitrogens is 2. The summed E-state index contributed by atoms with van der Waals surface area (Å²) in [5, 5.41) is 6.63. The van der Waals surface area contributed by atoms with E-state index >= 15 is 0 Å². The molecule has 0 spiro atoms. The molecule has 0 aliphatic carbocycles. The number of hydrogen-bond acceptors (Lipinski definition) is 5. The quantitative estimate of drug-likeness (QED) is 0.813. The second-order valence-electron chi connectivity index (χ2n) is 4.92. The zero-order chi connectivity index (χ0) is 14.2. The van der Waals surface area contributed by atoms with E-state index in [1.54, 1.807) is 6.92 Å². The summed E-state index contributed by atoms with van der Waals surface area (Å²) in [7, 11) is -3.62. The molecule has 7 nitrogen and oxygen atoms in total. The number of sulfonamides is 1. The van der Waals surface area contributed by atoms with Crippen LogP contribution in [0.15, 0.2) is 5.03 Å². The van der Waals surface area contributed by atoms with E-state index in [-0.39, 0.29) is 23.8 Å². The molecule has 2 heterocycles. The molecule has 8 heteroatoms. The summed E-state index contributed by atoms with van der Waals surface area (Å²) in [4.78, 5) is 0. The van der Waals surface area contributed by atoms with Crippen LogP contribution < -0.4 is 5.73 Å². The summed E-state index contributed by atoms with van der Waals surface area (Å²) >= 11 is 0. The SMILES string of the molecule is Cc1[nH]nc(S(=O)(=O)N2C[C@@H](C)O[C@@H](C)C2)c1CN. The van der Waals surface area contributed by atoms with Gasteiger partial charge in [0.05, 0.1) is 12.2 Å². The monoisotopic (exact) mass is 288 g/mol. The number of aromatic amines is 1. The summed E-state index contributed by atoms with van der Waals surface area (Å²) in [6.45, 7) is 6.30. The van der Waals surface area contributed by atoms with Gasteiger partial charge in [-0.25, -0.2) is 8.42 Å². The van der Waals surface area contributed by atoms with E-state index in [4.69, 9.17) is 10.5 Å². The molecule has 19 heavy (non-hydrogen) atoms. The molecule has 1 fully saturated rings. The number of hydrogen-bond donors (Lipinski definition) is 2. The molecule has 0 saturated carbocycles. The molecule has 0 radical (unpaired) electrons. The molecule has 108 valence electrons. The van der Waals surface area contributed by atoms with Gasteiger partial charge in [-0.15, -0.1) is 0 Å². The van der Waals surface area contributed by atoms with Gasteiger partial charge in [0, 0.05) is 30.9 Å². The summed E-state index contributed by atoms with van der Waals surface area (Å²) < 4.78 is 32.2. The fourth-order valence-corrected chi connectivity index (χ4v) is 4.10. The van der Waals surface area contributed by atoms with Gasteiger partial charge in [-0.3, -0.25) is 5.10 Å². The van der Waals surface area contributed by atoms with Crippen molar-refractivity contribution in [3.05, 3.63) is 11.3 Å². The van der Waals surface area contributed by atoms with Crippen LogP contribution in [0, 0.1) is 6.92 Å². The first-order valence-corrected chi connectivity index (χ1v) is 7.69. The Bertz CT molecular complexity index is 544. The van der Waals surface area contributed by atoms with Gasteiger partial charge in [0.15, 0.2) is 5.03 Å². The van der Waals surface area contributed by atoms with Crippen LogP contribution in [-0.2, 0) is 21.3 Å². The predicted octanol–water partition coefficient (Wildman–Crippen LogP) is -0.0253. The summed E-state index contributed by atoms with van der Waals surface area (Å²) in [5.41, 5.74) is 6.85. The number of ether oxygens (including phenoxy) is 1. The molecule has 0 bridgehead atoms. The molecular formula is C11H20N4O3S. The molecule has 1 aromatic heterocycles. The van der Waals surface area contributed by atoms with Crippen molar-refractivity contribution in [3.63, 3.8) is 0 Å². The maximum absolute atomic E-state index is 12.6. The first-order chi connectivity index (χ1) is 8.86. The van der Waals surface area contributed by atoms with Crippen molar-refractivity contribution >= 4 is 10.0 Å². The number of rotatable bonds is 3. The average Bonchev–Trinajstić information content (AvgIpc) is 2.69.